The SMILES string of the molecule is NC(=O)CCCCNCC(O)Cn1cc([N+](=O)[O-])cn1. The van der Waals surface area contributed by atoms with Crippen LogP contribution >= 0.6 is 0 Å². The highest BCUT2D eigenvalue weighted by molar-refractivity contribution is 5.73. The number of hydrogen-bond donors (Lipinski definition) is 3. The molecule has 0 aliphatic heterocycles. The van der Waals surface area contributed by atoms with Crippen LogP contribution < -0.4 is 11.1 Å². The van der Waals surface area contributed by atoms with Gasteiger partial charge in [0.15, 0.2) is 0 Å². The van der Waals surface area contributed by atoms with E-state index in [0.717, 1.165) is 12.6 Å². The highest BCUT2D eigenvalue weighted by atomic mass is 16.6. The fourth-order valence-electron chi connectivity index (χ4n) is 1.65. The van der Waals surface area contributed by atoms with Crippen molar-refractivity contribution < 1.29 is 14.8 Å². The number of nitrogens with two attached hydrogens (primary N) is 1. The number of rotatable bonds is 10. The average molecular weight is 285 g/mol. The molecule has 1 amide bonds. The van der Waals surface area contributed by atoms with Crippen molar-refractivity contribution in [3.8, 4) is 0 Å². The number of aliphatic hydroxyl groups is 1. The van der Waals surface area contributed by atoms with Gasteiger partial charge in [0.25, 0.3) is 0 Å². The van der Waals surface area contributed by atoms with Crippen molar-refractivity contribution in [1.82, 2.24) is 15.1 Å². The lowest BCUT2D eigenvalue weighted by Crippen LogP contribution is -2.31. The van der Waals surface area contributed by atoms with E-state index in [1.54, 1.807) is 0 Å². The number of nitrogens with zero attached hydrogens (tertiary/aromatic N) is 3. The Bertz CT molecular complexity index is 448. The molecular weight excluding hydrogens is 266 g/mol. The number of aromatic nitrogens is 2. The van der Waals surface area contributed by atoms with Crippen LogP contribution in [-0.2, 0) is 11.3 Å². The third-order valence-electron chi connectivity index (χ3n) is 2.63. The lowest BCUT2D eigenvalue weighted by atomic mass is 10.2. The highest BCUT2D eigenvalue weighted by Crippen LogP contribution is 2.07. The molecular formula is C11H19N5O4. The summed E-state index contributed by atoms with van der Waals surface area (Å²) < 4.78 is 1.33. The Morgan fingerprint density at radius 2 is 2.35 bits per heavy atom. The van der Waals surface area contributed by atoms with Gasteiger partial charge in [-0.2, -0.15) is 5.10 Å². The van der Waals surface area contributed by atoms with Crippen LogP contribution in [0.1, 0.15) is 19.3 Å². The number of nitro groups is 1. The zero-order chi connectivity index (χ0) is 15.0. The molecule has 20 heavy (non-hydrogen) atoms. The smallest absolute Gasteiger partial charge is 0.306 e. The second-order valence-corrected chi connectivity index (χ2v) is 4.46. The fraction of sp³-hybridized carbons (Fsp3) is 0.636. The molecule has 1 atom stereocenters. The van der Waals surface area contributed by atoms with Crippen molar-refractivity contribution in [2.24, 2.45) is 5.73 Å². The Hall–Kier alpha value is -2.00. The lowest BCUT2D eigenvalue weighted by molar-refractivity contribution is -0.385. The molecule has 0 saturated carbocycles. The van der Waals surface area contributed by atoms with Crippen LogP contribution in [0, 0.1) is 10.1 Å². The molecule has 4 N–H and O–H groups in total. The number of carbonyl (C=O) groups is 1. The molecule has 9 heteroatoms. The number of unbranched alkanes of at least 4 members (excludes halogenated alkanes) is 1. The van der Waals surface area contributed by atoms with Crippen molar-refractivity contribution in [3.63, 3.8) is 0 Å². The normalized spacial score (nSPS) is 12.2. The Kier molecular flexibility index (Phi) is 6.60. The molecule has 0 saturated heterocycles. The van der Waals surface area contributed by atoms with Gasteiger partial charge in [0, 0.05) is 13.0 Å². The minimum Gasteiger partial charge on any atom is -0.390 e. The van der Waals surface area contributed by atoms with Crippen LogP contribution in [-0.4, -0.2) is 44.9 Å². The second kappa shape index (κ2) is 8.23. The molecule has 0 bridgehead atoms. The Morgan fingerprint density at radius 3 is 2.95 bits per heavy atom. The van der Waals surface area contributed by atoms with E-state index in [1.807, 2.05) is 0 Å². The van der Waals surface area contributed by atoms with E-state index in [9.17, 15) is 20.0 Å². The number of primary amides is 1. The van der Waals surface area contributed by atoms with E-state index in [4.69, 9.17) is 5.73 Å². The van der Waals surface area contributed by atoms with Gasteiger partial charge in [0.2, 0.25) is 5.91 Å². The number of carbonyl (C=O) groups excluding carboxylic acids is 1. The summed E-state index contributed by atoms with van der Waals surface area (Å²) >= 11 is 0. The van der Waals surface area contributed by atoms with Crippen molar-refractivity contribution in [3.05, 3.63) is 22.5 Å². The summed E-state index contributed by atoms with van der Waals surface area (Å²) in [5.74, 6) is -0.315. The molecule has 112 valence electrons. The minimum absolute atomic E-state index is 0.100. The van der Waals surface area contributed by atoms with E-state index in [1.165, 1.54) is 10.9 Å². The summed E-state index contributed by atoms with van der Waals surface area (Å²) in [5.41, 5.74) is 4.91. The zero-order valence-corrected chi connectivity index (χ0v) is 11.1. The van der Waals surface area contributed by atoms with Gasteiger partial charge in [-0.1, -0.05) is 0 Å². The predicted molar refractivity (Wildman–Crippen MR) is 70.8 cm³/mol. The van der Waals surface area contributed by atoms with Gasteiger partial charge in [0.1, 0.15) is 12.4 Å². The molecule has 9 nitrogen and oxygen atoms in total. The maximum atomic E-state index is 10.5. The van der Waals surface area contributed by atoms with Crippen molar-refractivity contribution in [1.29, 1.82) is 0 Å². The predicted octanol–water partition coefficient (Wildman–Crippen LogP) is -0.603. The van der Waals surface area contributed by atoms with Gasteiger partial charge in [-0.25, -0.2) is 0 Å². The Morgan fingerprint density at radius 1 is 1.60 bits per heavy atom. The van der Waals surface area contributed by atoms with Gasteiger partial charge in [-0.15, -0.1) is 0 Å². The number of nitrogens with one attached hydrogen (secondary N) is 1. The maximum Gasteiger partial charge on any atom is 0.306 e. The van der Waals surface area contributed by atoms with E-state index in [-0.39, 0.29) is 18.1 Å². The first-order chi connectivity index (χ1) is 9.49. The van der Waals surface area contributed by atoms with Crippen molar-refractivity contribution in [2.45, 2.75) is 31.9 Å². The number of hydrogen-bond acceptors (Lipinski definition) is 6. The quantitative estimate of drug-likeness (QED) is 0.298. The van der Waals surface area contributed by atoms with Gasteiger partial charge < -0.3 is 16.2 Å². The van der Waals surface area contributed by atoms with Crippen molar-refractivity contribution in [2.75, 3.05) is 13.1 Å². The third kappa shape index (κ3) is 6.25. The number of amides is 1. The first kappa shape index (κ1) is 16.1. The minimum atomic E-state index is -0.689. The maximum absolute atomic E-state index is 10.5. The van der Waals surface area contributed by atoms with Gasteiger partial charge in [-0.05, 0) is 19.4 Å². The van der Waals surface area contributed by atoms with E-state index >= 15 is 0 Å². The van der Waals surface area contributed by atoms with Crippen LogP contribution in [0.25, 0.3) is 0 Å². The largest absolute Gasteiger partial charge is 0.390 e. The summed E-state index contributed by atoms with van der Waals surface area (Å²) in [5, 5.41) is 27.0. The monoisotopic (exact) mass is 285 g/mol. The second-order valence-electron chi connectivity index (χ2n) is 4.46. The van der Waals surface area contributed by atoms with Crippen LogP contribution in [0.15, 0.2) is 12.4 Å². The van der Waals surface area contributed by atoms with Gasteiger partial charge in [-0.3, -0.25) is 19.6 Å². The number of aliphatic hydroxyl groups excluding tert-OH is 1. The lowest BCUT2D eigenvalue weighted by Gasteiger charge is -2.11. The molecule has 0 aliphatic rings. The molecule has 1 aromatic heterocycles. The van der Waals surface area contributed by atoms with E-state index < -0.39 is 11.0 Å². The average Bonchev–Trinajstić information content (AvgIpc) is 2.81. The summed E-state index contributed by atoms with van der Waals surface area (Å²) in [6, 6.07) is 0. The standard InChI is InChI=1S/C11H19N5O4/c12-11(18)3-1-2-4-13-6-10(17)8-15-7-9(5-14-15)16(19)20/h5,7,10,13,17H,1-4,6,8H2,(H2,12,18). The summed E-state index contributed by atoms with van der Waals surface area (Å²) in [4.78, 5) is 20.4. The van der Waals surface area contributed by atoms with Gasteiger partial charge >= 0.3 is 5.69 Å². The molecule has 0 aliphatic carbocycles. The first-order valence-corrected chi connectivity index (χ1v) is 6.33. The molecule has 0 radical (unpaired) electrons. The van der Waals surface area contributed by atoms with E-state index in [0.29, 0.717) is 25.9 Å². The summed E-state index contributed by atoms with van der Waals surface area (Å²) in [7, 11) is 0. The van der Waals surface area contributed by atoms with E-state index in [2.05, 4.69) is 10.4 Å². The van der Waals surface area contributed by atoms with Crippen molar-refractivity contribution >= 4 is 11.6 Å². The molecule has 0 aromatic carbocycles. The summed E-state index contributed by atoms with van der Waals surface area (Å²) in [6.45, 7) is 1.20. The zero-order valence-electron chi connectivity index (χ0n) is 11.1. The molecule has 0 fully saturated rings. The summed E-state index contributed by atoms with van der Waals surface area (Å²) in [6.07, 6.45) is 3.60. The van der Waals surface area contributed by atoms with Gasteiger partial charge in [0.05, 0.1) is 17.6 Å². The Balaban J connectivity index is 2.14. The van der Waals surface area contributed by atoms with Crippen LogP contribution in [0.5, 0.6) is 0 Å². The van der Waals surface area contributed by atoms with Crippen LogP contribution in [0.4, 0.5) is 5.69 Å². The first-order valence-electron chi connectivity index (χ1n) is 6.33. The third-order valence-corrected chi connectivity index (χ3v) is 2.63. The van der Waals surface area contributed by atoms with Crippen LogP contribution in [0.3, 0.4) is 0 Å². The molecule has 0 spiro atoms. The molecule has 1 unspecified atom stereocenters. The fourth-order valence-corrected chi connectivity index (χ4v) is 1.65. The highest BCUT2D eigenvalue weighted by Gasteiger charge is 2.11. The molecule has 1 aromatic rings. The van der Waals surface area contributed by atoms with Crippen LogP contribution in [0.2, 0.25) is 0 Å². The Labute approximate surface area is 115 Å². The topological polar surface area (TPSA) is 136 Å². The molecule has 1 heterocycles. The molecule has 1 rings (SSSR count).